The second-order valence-corrected chi connectivity index (χ2v) is 8.73. The summed E-state index contributed by atoms with van der Waals surface area (Å²) in [7, 11) is -3.63. The summed E-state index contributed by atoms with van der Waals surface area (Å²) in [6.07, 6.45) is 1.30. The molecule has 1 saturated heterocycles. The van der Waals surface area contributed by atoms with Crippen molar-refractivity contribution in [1.82, 2.24) is 9.62 Å². The highest BCUT2D eigenvalue weighted by molar-refractivity contribution is 7.89. The zero-order valence-corrected chi connectivity index (χ0v) is 16.1. The van der Waals surface area contributed by atoms with Gasteiger partial charge in [-0.1, -0.05) is 29.8 Å². The summed E-state index contributed by atoms with van der Waals surface area (Å²) in [5.41, 5.74) is 0.0672. The third-order valence-electron chi connectivity index (χ3n) is 4.67. The van der Waals surface area contributed by atoms with E-state index < -0.39 is 15.8 Å². The number of benzene rings is 2. The summed E-state index contributed by atoms with van der Waals surface area (Å²) >= 11 is 5.85. The average molecular weight is 411 g/mol. The van der Waals surface area contributed by atoms with Crippen molar-refractivity contribution in [2.75, 3.05) is 19.6 Å². The fourth-order valence-corrected chi connectivity index (χ4v) is 4.51. The predicted molar refractivity (Wildman–Crippen MR) is 102 cm³/mol. The van der Waals surface area contributed by atoms with Crippen molar-refractivity contribution >= 4 is 27.5 Å². The van der Waals surface area contributed by atoms with Crippen molar-refractivity contribution in [2.24, 2.45) is 5.92 Å². The van der Waals surface area contributed by atoms with Gasteiger partial charge >= 0.3 is 0 Å². The lowest BCUT2D eigenvalue weighted by Gasteiger charge is -2.32. The van der Waals surface area contributed by atoms with Gasteiger partial charge in [-0.15, -0.1) is 0 Å². The maximum atomic E-state index is 13.8. The molecule has 2 aromatic carbocycles. The van der Waals surface area contributed by atoms with Gasteiger partial charge in [0.25, 0.3) is 5.91 Å². The second kappa shape index (κ2) is 8.37. The monoisotopic (exact) mass is 410 g/mol. The largest absolute Gasteiger partial charge is 0.339 e. The molecule has 1 aliphatic rings. The van der Waals surface area contributed by atoms with Crippen LogP contribution < -0.4 is 4.72 Å². The first-order chi connectivity index (χ1) is 12.9. The Kier molecular flexibility index (Phi) is 6.14. The maximum absolute atomic E-state index is 13.8. The molecule has 0 spiro atoms. The first-order valence-corrected chi connectivity index (χ1v) is 10.5. The molecule has 0 atom stereocenters. The first kappa shape index (κ1) is 19.8. The number of sulfonamides is 1. The van der Waals surface area contributed by atoms with Gasteiger partial charge in [0.2, 0.25) is 10.0 Å². The van der Waals surface area contributed by atoms with E-state index >= 15 is 0 Å². The Morgan fingerprint density at radius 3 is 2.52 bits per heavy atom. The fourth-order valence-electron chi connectivity index (χ4n) is 3.09. The molecule has 1 N–H and O–H groups in total. The van der Waals surface area contributed by atoms with Crippen molar-refractivity contribution < 1.29 is 17.6 Å². The van der Waals surface area contributed by atoms with Crippen LogP contribution in [-0.4, -0.2) is 38.9 Å². The number of carbonyl (C=O) groups excluding carboxylic acids is 1. The van der Waals surface area contributed by atoms with E-state index in [2.05, 4.69) is 4.72 Å². The number of nitrogens with zero attached hydrogens (tertiary/aromatic N) is 1. The van der Waals surface area contributed by atoms with Gasteiger partial charge in [0, 0.05) is 24.7 Å². The highest BCUT2D eigenvalue weighted by atomic mass is 35.5. The number of amides is 1. The number of carbonyl (C=O) groups is 1. The summed E-state index contributed by atoms with van der Waals surface area (Å²) < 4.78 is 41.1. The van der Waals surface area contributed by atoms with Crippen LogP contribution in [0.2, 0.25) is 5.02 Å². The van der Waals surface area contributed by atoms with Crippen LogP contribution in [0.15, 0.2) is 53.4 Å². The molecule has 27 heavy (non-hydrogen) atoms. The SMILES string of the molecule is O=C(c1ccccc1F)N1CCC(CNS(=O)(=O)c2cccc(Cl)c2)CC1. The van der Waals surface area contributed by atoms with Crippen LogP contribution in [0.1, 0.15) is 23.2 Å². The van der Waals surface area contributed by atoms with Crippen LogP contribution in [0.3, 0.4) is 0 Å². The Labute approximate surface area is 163 Å². The lowest BCUT2D eigenvalue weighted by Crippen LogP contribution is -2.41. The number of piperidine rings is 1. The molecular formula is C19H20ClFN2O3S. The topological polar surface area (TPSA) is 66.5 Å². The molecule has 0 radical (unpaired) electrons. The third-order valence-corrected chi connectivity index (χ3v) is 6.33. The number of rotatable bonds is 5. The van der Waals surface area contributed by atoms with E-state index in [0.29, 0.717) is 31.0 Å². The third kappa shape index (κ3) is 4.86. The Morgan fingerprint density at radius 2 is 1.85 bits per heavy atom. The lowest BCUT2D eigenvalue weighted by molar-refractivity contribution is 0.0687. The number of nitrogens with one attached hydrogen (secondary N) is 1. The molecule has 3 rings (SSSR count). The number of likely N-dealkylation sites (tertiary alicyclic amines) is 1. The summed E-state index contributed by atoms with van der Waals surface area (Å²) in [5, 5.41) is 0.359. The van der Waals surface area contributed by atoms with Crippen molar-refractivity contribution in [3.05, 3.63) is 64.9 Å². The zero-order chi connectivity index (χ0) is 19.4. The molecule has 1 fully saturated rings. The average Bonchev–Trinajstić information content (AvgIpc) is 2.67. The molecular weight excluding hydrogens is 391 g/mol. The maximum Gasteiger partial charge on any atom is 0.256 e. The highest BCUT2D eigenvalue weighted by Crippen LogP contribution is 2.21. The van der Waals surface area contributed by atoms with Gasteiger partial charge in [0.15, 0.2) is 0 Å². The van der Waals surface area contributed by atoms with E-state index in [0.717, 1.165) is 0 Å². The van der Waals surface area contributed by atoms with Gasteiger partial charge in [0.05, 0.1) is 10.5 Å². The normalized spacial score (nSPS) is 15.7. The molecule has 0 aliphatic carbocycles. The first-order valence-electron chi connectivity index (χ1n) is 8.66. The fraction of sp³-hybridized carbons (Fsp3) is 0.316. The van der Waals surface area contributed by atoms with E-state index in [-0.39, 0.29) is 28.8 Å². The second-order valence-electron chi connectivity index (χ2n) is 6.52. The lowest BCUT2D eigenvalue weighted by atomic mass is 9.96. The Balaban J connectivity index is 1.54. The molecule has 1 heterocycles. The standard InChI is InChI=1S/C19H20ClFN2O3S/c20-15-4-3-5-16(12-15)27(25,26)22-13-14-8-10-23(11-9-14)19(24)17-6-1-2-7-18(17)21/h1-7,12,14,22H,8-11,13H2. The van der Waals surface area contributed by atoms with Crippen LogP contribution in [0, 0.1) is 11.7 Å². The van der Waals surface area contributed by atoms with Gasteiger partial charge in [0.1, 0.15) is 5.82 Å². The van der Waals surface area contributed by atoms with Gasteiger partial charge in [-0.3, -0.25) is 4.79 Å². The molecule has 2 aromatic rings. The number of halogens is 2. The quantitative estimate of drug-likeness (QED) is 0.822. The van der Waals surface area contributed by atoms with Gasteiger partial charge in [-0.25, -0.2) is 17.5 Å². The summed E-state index contributed by atoms with van der Waals surface area (Å²) in [4.78, 5) is 14.2. The minimum Gasteiger partial charge on any atom is -0.339 e. The Hall–Kier alpha value is -1.96. The van der Waals surface area contributed by atoms with Crippen molar-refractivity contribution in [3.8, 4) is 0 Å². The summed E-state index contributed by atoms with van der Waals surface area (Å²) in [5.74, 6) is -0.742. The molecule has 0 unspecified atom stereocenters. The Bertz CT molecular complexity index is 928. The number of hydrogen-bond donors (Lipinski definition) is 1. The predicted octanol–water partition coefficient (Wildman–Crippen LogP) is 3.31. The molecule has 0 bridgehead atoms. The minimum atomic E-state index is -3.63. The van der Waals surface area contributed by atoms with E-state index in [1.165, 1.54) is 24.3 Å². The molecule has 144 valence electrons. The zero-order valence-electron chi connectivity index (χ0n) is 14.6. The summed E-state index contributed by atoms with van der Waals surface area (Å²) in [6, 6.07) is 12.0. The molecule has 8 heteroatoms. The molecule has 1 aliphatic heterocycles. The van der Waals surface area contributed by atoms with Crippen LogP contribution in [0.5, 0.6) is 0 Å². The van der Waals surface area contributed by atoms with Crippen LogP contribution in [-0.2, 0) is 10.0 Å². The molecule has 1 amide bonds. The minimum absolute atomic E-state index is 0.0672. The van der Waals surface area contributed by atoms with Crippen molar-refractivity contribution in [1.29, 1.82) is 0 Å². The number of hydrogen-bond acceptors (Lipinski definition) is 3. The van der Waals surface area contributed by atoms with Crippen LogP contribution in [0.25, 0.3) is 0 Å². The van der Waals surface area contributed by atoms with E-state index in [9.17, 15) is 17.6 Å². The smallest absolute Gasteiger partial charge is 0.256 e. The van der Waals surface area contributed by atoms with Crippen LogP contribution in [0.4, 0.5) is 4.39 Å². The van der Waals surface area contributed by atoms with Crippen molar-refractivity contribution in [2.45, 2.75) is 17.7 Å². The van der Waals surface area contributed by atoms with E-state index in [1.807, 2.05) is 0 Å². The Morgan fingerprint density at radius 1 is 1.15 bits per heavy atom. The van der Waals surface area contributed by atoms with Crippen molar-refractivity contribution in [3.63, 3.8) is 0 Å². The molecule has 0 saturated carbocycles. The van der Waals surface area contributed by atoms with E-state index in [1.54, 1.807) is 29.2 Å². The van der Waals surface area contributed by atoms with Crippen LogP contribution >= 0.6 is 11.6 Å². The van der Waals surface area contributed by atoms with E-state index in [4.69, 9.17) is 11.6 Å². The van der Waals surface area contributed by atoms with Gasteiger partial charge in [-0.05, 0) is 49.1 Å². The molecule has 0 aromatic heterocycles. The summed E-state index contributed by atoms with van der Waals surface area (Å²) in [6.45, 7) is 1.23. The van der Waals surface area contributed by atoms with Gasteiger partial charge < -0.3 is 4.90 Å². The highest BCUT2D eigenvalue weighted by Gasteiger charge is 2.26. The molecule has 5 nitrogen and oxygen atoms in total. The van der Waals surface area contributed by atoms with Gasteiger partial charge in [-0.2, -0.15) is 0 Å².